The van der Waals surface area contributed by atoms with Gasteiger partial charge < -0.3 is 9.67 Å². The molecular weight excluding hydrogens is 344 g/mol. The highest BCUT2D eigenvalue weighted by atomic mass is 32.2. The zero-order valence-electron chi connectivity index (χ0n) is 15.1. The quantitative estimate of drug-likeness (QED) is 0.535. The molecule has 3 aromatic rings. The Bertz CT molecular complexity index is 908. The highest BCUT2D eigenvalue weighted by molar-refractivity contribution is 7.98. The van der Waals surface area contributed by atoms with Crippen LogP contribution >= 0.6 is 11.8 Å². The van der Waals surface area contributed by atoms with Crippen molar-refractivity contribution in [3.63, 3.8) is 0 Å². The molecule has 0 amide bonds. The zero-order valence-corrected chi connectivity index (χ0v) is 15.9. The van der Waals surface area contributed by atoms with Crippen LogP contribution in [-0.4, -0.2) is 43.9 Å². The Hall–Kier alpha value is -1.89. The van der Waals surface area contributed by atoms with Gasteiger partial charge in [-0.2, -0.15) is 0 Å². The third kappa shape index (κ3) is 3.49. The molecule has 2 aromatic heterocycles. The normalized spacial score (nSPS) is 14.7. The summed E-state index contributed by atoms with van der Waals surface area (Å²) in [4.78, 5) is 11.6. The lowest BCUT2D eigenvalue weighted by molar-refractivity contribution is 0.242. The van der Waals surface area contributed by atoms with Crippen LogP contribution in [0.4, 0.5) is 0 Å². The third-order valence-electron chi connectivity index (χ3n) is 5.00. The molecule has 1 aliphatic rings. The topological polar surface area (TPSA) is 54.2 Å². The number of aryl methyl sites for hydroxylation is 1. The van der Waals surface area contributed by atoms with E-state index in [0.29, 0.717) is 0 Å². The first-order valence-electron chi connectivity index (χ1n) is 9.07. The molecule has 1 aliphatic heterocycles. The Morgan fingerprint density at radius 2 is 2.15 bits per heavy atom. The fraction of sp³-hybridized carbons (Fsp3) is 0.400. The van der Waals surface area contributed by atoms with Crippen LogP contribution < -0.4 is 0 Å². The van der Waals surface area contributed by atoms with Gasteiger partial charge in [0, 0.05) is 68.1 Å². The van der Waals surface area contributed by atoms with Crippen molar-refractivity contribution in [2.24, 2.45) is 0 Å². The molecule has 1 aromatic carbocycles. The number of thioether (sulfide) groups is 1. The highest BCUT2D eigenvalue weighted by Crippen LogP contribution is 2.26. The van der Waals surface area contributed by atoms with E-state index in [0.717, 1.165) is 44.2 Å². The zero-order chi connectivity index (χ0) is 17.9. The van der Waals surface area contributed by atoms with E-state index in [4.69, 9.17) is 5.11 Å². The summed E-state index contributed by atoms with van der Waals surface area (Å²) in [6, 6.07) is 8.55. The van der Waals surface area contributed by atoms with Crippen molar-refractivity contribution >= 4 is 22.7 Å². The molecule has 0 aliphatic carbocycles. The number of nitrogens with zero attached hydrogens (tertiary/aromatic N) is 4. The fourth-order valence-electron chi connectivity index (χ4n) is 3.71. The maximum atomic E-state index is 9.16. The van der Waals surface area contributed by atoms with Crippen LogP contribution in [0.2, 0.25) is 0 Å². The van der Waals surface area contributed by atoms with Gasteiger partial charge in [-0.1, -0.05) is 30.0 Å². The number of rotatable bonds is 6. The number of fused-ring (bicyclic) bond motifs is 2. The van der Waals surface area contributed by atoms with E-state index in [-0.39, 0.29) is 6.61 Å². The SMILES string of the molecule is CSc1ncc2c(n1)CCN(Cc1cn(CCCO)c3ccccc13)C2. The molecule has 0 saturated carbocycles. The maximum Gasteiger partial charge on any atom is 0.187 e. The average molecular weight is 369 g/mol. The van der Waals surface area contributed by atoms with Crippen LogP contribution in [0.25, 0.3) is 10.9 Å². The van der Waals surface area contributed by atoms with E-state index in [9.17, 15) is 0 Å². The third-order valence-corrected chi connectivity index (χ3v) is 5.56. The van der Waals surface area contributed by atoms with Gasteiger partial charge in [-0.3, -0.25) is 4.90 Å². The van der Waals surface area contributed by atoms with Gasteiger partial charge in [0.1, 0.15) is 0 Å². The van der Waals surface area contributed by atoms with Crippen molar-refractivity contribution in [3.8, 4) is 0 Å². The minimum Gasteiger partial charge on any atom is -0.396 e. The van der Waals surface area contributed by atoms with Crippen molar-refractivity contribution in [2.45, 2.75) is 37.6 Å². The van der Waals surface area contributed by atoms with Crippen molar-refractivity contribution in [1.82, 2.24) is 19.4 Å². The van der Waals surface area contributed by atoms with E-state index in [1.165, 1.54) is 27.7 Å². The standard InChI is InChI=1S/C20H24N4OS/c1-26-20-21-11-15-12-23(9-7-18(15)22-20)13-16-14-24(8-4-10-25)19-6-3-2-5-17(16)19/h2-3,5-6,11,14,25H,4,7-10,12-13H2,1H3. The molecule has 0 unspecified atom stereocenters. The predicted octanol–water partition coefficient (Wildman–Crippen LogP) is 3.09. The van der Waals surface area contributed by atoms with Crippen LogP contribution in [0.15, 0.2) is 41.8 Å². The van der Waals surface area contributed by atoms with Crippen LogP contribution in [-0.2, 0) is 26.1 Å². The van der Waals surface area contributed by atoms with Gasteiger partial charge in [0.2, 0.25) is 0 Å². The van der Waals surface area contributed by atoms with E-state index < -0.39 is 0 Å². The van der Waals surface area contributed by atoms with E-state index in [1.807, 2.05) is 12.5 Å². The second-order valence-electron chi connectivity index (χ2n) is 6.73. The minimum atomic E-state index is 0.225. The number of aliphatic hydroxyl groups is 1. The van der Waals surface area contributed by atoms with Gasteiger partial charge in [-0.05, 0) is 24.3 Å². The van der Waals surface area contributed by atoms with Crippen LogP contribution in [0.3, 0.4) is 0 Å². The first kappa shape index (κ1) is 17.5. The van der Waals surface area contributed by atoms with Crippen molar-refractivity contribution in [2.75, 3.05) is 19.4 Å². The first-order chi connectivity index (χ1) is 12.8. The van der Waals surface area contributed by atoms with Gasteiger partial charge in [0.25, 0.3) is 0 Å². The molecule has 0 bridgehead atoms. The van der Waals surface area contributed by atoms with Gasteiger partial charge in [0.15, 0.2) is 5.16 Å². The molecule has 5 nitrogen and oxygen atoms in total. The van der Waals surface area contributed by atoms with Gasteiger partial charge in [-0.25, -0.2) is 9.97 Å². The molecule has 4 rings (SSSR count). The molecule has 26 heavy (non-hydrogen) atoms. The summed E-state index contributed by atoms with van der Waals surface area (Å²) >= 11 is 1.60. The second-order valence-corrected chi connectivity index (χ2v) is 7.50. The summed E-state index contributed by atoms with van der Waals surface area (Å²) < 4.78 is 2.27. The lowest BCUT2D eigenvalue weighted by atomic mass is 10.1. The molecule has 0 spiro atoms. The summed E-state index contributed by atoms with van der Waals surface area (Å²) in [5.41, 5.74) is 5.05. The lowest BCUT2D eigenvalue weighted by Gasteiger charge is -2.27. The Labute approximate surface area is 158 Å². The van der Waals surface area contributed by atoms with Gasteiger partial charge in [-0.15, -0.1) is 0 Å². The monoisotopic (exact) mass is 368 g/mol. The van der Waals surface area contributed by atoms with Crippen molar-refractivity contribution in [1.29, 1.82) is 0 Å². The molecule has 0 fully saturated rings. The molecule has 0 atom stereocenters. The molecule has 1 N–H and O–H groups in total. The lowest BCUT2D eigenvalue weighted by Crippen LogP contribution is -2.30. The molecule has 136 valence electrons. The second kappa shape index (κ2) is 7.78. The van der Waals surface area contributed by atoms with Gasteiger partial charge in [0.05, 0.1) is 5.69 Å². The molecule has 0 saturated heterocycles. The largest absolute Gasteiger partial charge is 0.396 e. The fourth-order valence-corrected chi connectivity index (χ4v) is 4.06. The summed E-state index contributed by atoms with van der Waals surface area (Å²) in [5, 5.41) is 11.3. The minimum absolute atomic E-state index is 0.225. The smallest absolute Gasteiger partial charge is 0.187 e. The number of benzene rings is 1. The average Bonchev–Trinajstić information content (AvgIpc) is 3.03. The van der Waals surface area contributed by atoms with Crippen molar-refractivity contribution < 1.29 is 5.11 Å². The number of para-hydroxylation sites is 1. The number of hydrogen-bond acceptors (Lipinski definition) is 5. The van der Waals surface area contributed by atoms with Crippen LogP contribution in [0.1, 0.15) is 23.2 Å². The molecule has 3 heterocycles. The van der Waals surface area contributed by atoms with Gasteiger partial charge >= 0.3 is 0 Å². The number of aromatic nitrogens is 3. The van der Waals surface area contributed by atoms with Crippen LogP contribution in [0.5, 0.6) is 0 Å². The van der Waals surface area contributed by atoms with Crippen LogP contribution in [0, 0.1) is 0 Å². The summed E-state index contributed by atoms with van der Waals surface area (Å²) in [5.74, 6) is 0. The van der Waals surface area contributed by atoms with E-state index >= 15 is 0 Å². The number of hydrogen-bond donors (Lipinski definition) is 1. The summed E-state index contributed by atoms with van der Waals surface area (Å²) in [6.45, 7) is 3.93. The highest BCUT2D eigenvalue weighted by Gasteiger charge is 2.20. The Kier molecular flexibility index (Phi) is 5.24. The first-order valence-corrected chi connectivity index (χ1v) is 10.3. The Morgan fingerprint density at radius 1 is 1.27 bits per heavy atom. The van der Waals surface area contributed by atoms with E-state index in [1.54, 1.807) is 11.8 Å². The van der Waals surface area contributed by atoms with Crippen molar-refractivity contribution in [3.05, 3.63) is 53.5 Å². The summed E-state index contributed by atoms with van der Waals surface area (Å²) in [7, 11) is 0. The molecule has 6 heteroatoms. The van der Waals surface area contributed by atoms with E-state index in [2.05, 4.69) is 49.9 Å². The molecule has 0 radical (unpaired) electrons. The Morgan fingerprint density at radius 3 is 3.00 bits per heavy atom. The number of aliphatic hydroxyl groups excluding tert-OH is 1. The molecular formula is C20H24N4OS. The maximum absolute atomic E-state index is 9.16. The summed E-state index contributed by atoms with van der Waals surface area (Å²) in [6.07, 6.45) is 8.02. The predicted molar refractivity (Wildman–Crippen MR) is 105 cm³/mol. The Balaban J connectivity index is 1.56.